The number of benzene rings is 1. The van der Waals surface area contributed by atoms with E-state index in [1.165, 1.54) is 0 Å². The molecule has 0 spiro atoms. The Kier molecular flexibility index (Phi) is 4.67. The first-order chi connectivity index (χ1) is 9.50. The molecule has 2 N–H and O–H groups in total. The van der Waals surface area contributed by atoms with Gasteiger partial charge in [-0.25, -0.2) is 8.42 Å². The van der Waals surface area contributed by atoms with Crippen LogP contribution in [0.3, 0.4) is 0 Å². The summed E-state index contributed by atoms with van der Waals surface area (Å²) >= 11 is 0. The minimum Gasteiger partial charge on any atom is -0.398 e. The Bertz CT molecular complexity index is 578. The molecule has 0 saturated carbocycles. The van der Waals surface area contributed by atoms with Crippen molar-refractivity contribution in [1.82, 2.24) is 4.47 Å². The highest BCUT2D eigenvalue weighted by atomic mass is 32.2. The first-order valence-corrected chi connectivity index (χ1v) is 8.51. The van der Waals surface area contributed by atoms with Crippen molar-refractivity contribution in [3.8, 4) is 0 Å². The van der Waals surface area contributed by atoms with Crippen LogP contribution >= 0.6 is 0 Å². The number of anilines is 1. The number of hydroxylamine groups is 1. The Morgan fingerprint density at radius 2 is 2.00 bits per heavy atom. The van der Waals surface area contributed by atoms with E-state index in [-0.39, 0.29) is 0 Å². The summed E-state index contributed by atoms with van der Waals surface area (Å²) in [5.41, 5.74) is 8.16. The van der Waals surface area contributed by atoms with Crippen LogP contribution in [0.5, 0.6) is 0 Å². The van der Waals surface area contributed by atoms with Crippen LogP contribution in [0, 0.1) is 0 Å². The van der Waals surface area contributed by atoms with Crippen molar-refractivity contribution in [1.29, 1.82) is 0 Å². The van der Waals surface area contributed by atoms with Crippen LogP contribution in [0.1, 0.15) is 37.8 Å². The smallest absolute Gasteiger partial charge is 0.265 e. The van der Waals surface area contributed by atoms with E-state index in [0.717, 1.165) is 29.3 Å². The lowest BCUT2D eigenvalue weighted by Crippen LogP contribution is -2.36. The highest BCUT2D eigenvalue weighted by Gasteiger charge is 2.30. The van der Waals surface area contributed by atoms with Gasteiger partial charge in [0.25, 0.3) is 10.0 Å². The van der Waals surface area contributed by atoms with Gasteiger partial charge in [0.1, 0.15) is 0 Å². The van der Waals surface area contributed by atoms with Crippen molar-refractivity contribution < 1.29 is 13.3 Å². The summed E-state index contributed by atoms with van der Waals surface area (Å²) in [5.74, 6) is 0. The van der Waals surface area contributed by atoms with E-state index in [0.29, 0.717) is 35.7 Å². The topological polar surface area (TPSA) is 72.6 Å². The molecule has 2 rings (SSSR count). The molecule has 1 aliphatic rings. The molecule has 1 aromatic rings. The van der Waals surface area contributed by atoms with Crippen molar-refractivity contribution in [2.75, 3.05) is 18.9 Å². The van der Waals surface area contributed by atoms with Crippen molar-refractivity contribution >= 4 is 15.7 Å². The maximum absolute atomic E-state index is 12.7. The summed E-state index contributed by atoms with van der Waals surface area (Å²) in [6.07, 6.45) is 3.04. The molecule has 1 aromatic carbocycles. The van der Waals surface area contributed by atoms with Gasteiger partial charge >= 0.3 is 0 Å². The number of nitrogens with zero attached hydrogens (tertiary/aromatic N) is 1. The van der Waals surface area contributed by atoms with Gasteiger partial charge in [0.15, 0.2) is 0 Å². The van der Waals surface area contributed by atoms with E-state index in [1.54, 1.807) is 6.07 Å². The first kappa shape index (κ1) is 15.3. The molecule has 0 atom stereocenters. The monoisotopic (exact) mass is 298 g/mol. The number of hydrogen-bond donors (Lipinski definition) is 1. The maximum Gasteiger partial charge on any atom is 0.265 e. The molecule has 1 saturated heterocycles. The number of aryl methyl sites for hydroxylation is 1. The molecule has 0 radical (unpaired) electrons. The molecule has 1 heterocycles. The molecule has 1 fully saturated rings. The average molecular weight is 298 g/mol. The Balaban J connectivity index is 2.51. The number of rotatable bonds is 4. The molecule has 6 heteroatoms. The summed E-state index contributed by atoms with van der Waals surface area (Å²) in [7, 11) is -3.63. The van der Waals surface area contributed by atoms with Gasteiger partial charge in [-0.2, -0.15) is 0 Å². The zero-order valence-corrected chi connectivity index (χ0v) is 12.9. The van der Waals surface area contributed by atoms with Crippen LogP contribution in [0.25, 0.3) is 0 Å². The molecule has 0 aromatic heterocycles. The van der Waals surface area contributed by atoms with Crippen molar-refractivity contribution in [2.45, 2.75) is 44.4 Å². The molecule has 0 unspecified atom stereocenters. The SMILES string of the molecule is CCc1cc(N)c(CC)c(S(=O)(=O)N2CCCCO2)c1. The largest absolute Gasteiger partial charge is 0.398 e. The lowest BCUT2D eigenvalue weighted by molar-refractivity contribution is -0.108. The third-order valence-corrected chi connectivity index (χ3v) is 5.33. The van der Waals surface area contributed by atoms with Gasteiger partial charge in [0, 0.05) is 12.2 Å². The second-order valence-electron chi connectivity index (χ2n) is 4.94. The molecule has 0 bridgehead atoms. The highest BCUT2D eigenvalue weighted by molar-refractivity contribution is 7.89. The summed E-state index contributed by atoms with van der Waals surface area (Å²) in [6, 6.07) is 3.58. The number of sulfonamides is 1. The minimum absolute atomic E-state index is 0.291. The quantitative estimate of drug-likeness (QED) is 0.864. The van der Waals surface area contributed by atoms with E-state index in [9.17, 15) is 8.42 Å². The number of hydrogen-bond acceptors (Lipinski definition) is 4. The van der Waals surface area contributed by atoms with E-state index >= 15 is 0 Å². The van der Waals surface area contributed by atoms with E-state index in [1.807, 2.05) is 19.9 Å². The van der Waals surface area contributed by atoms with Crippen LogP contribution < -0.4 is 5.73 Å². The Labute approximate surface area is 120 Å². The Morgan fingerprint density at radius 1 is 1.25 bits per heavy atom. The molecular formula is C14H22N2O3S. The molecule has 0 aliphatic carbocycles. The minimum atomic E-state index is -3.63. The van der Waals surface area contributed by atoms with Gasteiger partial charge in [-0.05, 0) is 48.9 Å². The van der Waals surface area contributed by atoms with Gasteiger partial charge in [-0.1, -0.05) is 18.3 Å². The zero-order valence-electron chi connectivity index (χ0n) is 12.1. The number of nitrogens with two attached hydrogens (primary N) is 1. The highest BCUT2D eigenvalue weighted by Crippen LogP contribution is 2.29. The van der Waals surface area contributed by atoms with Crippen LogP contribution in [0.2, 0.25) is 0 Å². The summed E-state index contributed by atoms with van der Waals surface area (Å²) in [4.78, 5) is 5.61. The normalized spacial score (nSPS) is 17.3. The predicted molar refractivity (Wildman–Crippen MR) is 78.7 cm³/mol. The van der Waals surface area contributed by atoms with E-state index in [4.69, 9.17) is 10.6 Å². The molecule has 1 aliphatic heterocycles. The van der Waals surface area contributed by atoms with E-state index in [2.05, 4.69) is 0 Å². The van der Waals surface area contributed by atoms with E-state index < -0.39 is 10.0 Å². The third-order valence-electron chi connectivity index (χ3n) is 3.58. The van der Waals surface area contributed by atoms with Gasteiger partial charge < -0.3 is 5.73 Å². The number of nitrogen functional groups attached to an aromatic ring is 1. The van der Waals surface area contributed by atoms with Crippen molar-refractivity contribution in [3.05, 3.63) is 23.3 Å². The van der Waals surface area contributed by atoms with Crippen LogP contribution in [0.4, 0.5) is 5.69 Å². The molecule has 5 nitrogen and oxygen atoms in total. The average Bonchev–Trinajstić information content (AvgIpc) is 2.47. The zero-order chi connectivity index (χ0) is 14.8. The van der Waals surface area contributed by atoms with Crippen LogP contribution in [-0.2, 0) is 27.7 Å². The lowest BCUT2D eigenvalue weighted by Gasteiger charge is -2.26. The second kappa shape index (κ2) is 6.11. The van der Waals surface area contributed by atoms with Gasteiger partial charge in [-0.15, -0.1) is 0 Å². The molecule has 112 valence electrons. The first-order valence-electron chi connectivity index (χ1n) is 7.07. The standard InChI is InChI=1S/C14H22N2O3S/c1-3-11-9-13(15)12(4-2)14(10-11)20(17,18)16-7-5-6-8-19-16/h9-10H,3-8,15H2,1-2H3. The Morgan fingerprint density at radius 3 is 2.55 bits per heavy atom. The van der Waals surface area contributed by atoms with Gasteiger partial charge in [0.05, 0.1) is 11.5 Å². The molecule has 0 amide bonds. The fourth-order valence-electron chi connectivity index (χ4n) is 2.41. The summed E-state index contributed by atoms with van der Waals surface area (Å²) < 4.78 is 26.6. The summed E-state index contributed by atoms with van der Waals surface area (Å²) in [6.45, 7) is 4.74. The van der Waals surface area contributed by atoms with Gasteiger partial charge in [-0.3, -0.25) is 4.84 Å². The maximum atomic E-state index is 12.7. The fourth-order valence-corrected chi connectivity index (χ4v) is 4.09. The fraction of sp³-hybridized carbons (Fsp3) is 0.571. The summed E-state index contributed by atoms with van der Waals surface area (Å²) in [5, 5.41) is 0. The third kappa shape index (κ3) is 2.82. The van der Waals surface area contributed by atoms with Gasteiger partial charge in [0.2, 0.25) is 0 Å². The van der Waals surface area contributed by atoms with Crippen molar-refractivity contribution in [2.24, 2.45) is 0 Å². The predicted octanol–water partition coefficient (Wildman–Crippen LogP) is 2.11. The lowest BCUT2D eigenvalue weighted by atomic mass is 10.1. The molecule has 20 heavy (non-hydrogen) atoms. The van der Waals surface area contributed by atoms with Crippen LogP contribution in [-0.4, -0.2) is 26.0 Å². The molecular weight excluding hydrogens is 276 g/mol. The van der Waals surface area contributed by atoms with Crippen molar-refractivity contribution in [3.63, 3.8) is 0 Å². The van der Waals surface area contributed by atoms with Crippen LogP contribution in [0.15, 0.2) is 17.0 Å². The Hall–Kier alpha value is -1.11. The second-order valence-corrected chi connectivity index (χ2v) is 6.74.